The number of rotatable bonds is 8. The number of hydrogen-bond donors (Lipinski definition) is 3. The van der Waals surface area contributed by atoms with Crippen molar-refractivity contribution in [2.24, 2.45) is 0 Å². The molecular weight excluding hydrogens is 498 g/mol. The number of halogens is 4. The monoisotopic (exact) mass is 525 g/mol. The molecule has 1 atom stereocenters. The average Bonchev–Trinajstić information content (AvgIpc) is 3.13. The Kier molecular flexibility index (Phi) is 7.84. The van der Waals surface area contributed by atoms with E-state index in [4.69, 9.17) is 14.2 Å². The van der Waals surface area contributed by atoms with Gasteiger partial charge in [0.15, 0.2) is 5.76 Å². The Balaban J connectivity index is 1.97. The van der Waals surface area contributed by atoms with Gasteiger partial charge in [0.1, 0.15) is 23.0 Å². The highest BCUT2D eigenvalue weighted by molar-refractivity contribution is 5.71. The number of aromatic nitrogens is 1. The number of carbonyl (C=O) groups is 1. The smallest absolute Gasteiger partial charge is 0.426 e. The lowest BCUT2D eigenvalue weighted by atomic mass is 9.84. The quantitative estimate of drug-likeness (QED) is 0.200. The lowest BCUT2D eigenvalue weighted by Gasteiger charge is -2.31. The molecule has 1 unspecified atom stereocenters. The second-order valence-electron chi connectivity index (χ2n) is 8.97. The van der Waals surface area contributed by atoms with Gasteiger partial charge in [0, 0.05) is 16.5 Å². The molecule has 0 saturated carbocycles. The molecule has 8 nitrogen and oxygen atoms in total. The summed E-state index contributed by atoms with van der Waals surface area (Å²) < 4.78 is 71.9. The van der Waals surface area contributed by atoms with Crippen LogP contribution in [-0.4, -0.2) is 42.6 Å². The lowest BCUT2D eigenvalue weighted by molar-refractivity contribution is -0.266. The molecule has 0 spiro atoms. The van der Waals surface area contributed by atoms with Crippen molar-refractivity contribution < 1.29 is 41.7 Å². The summed E-state index contributed by atoms with van der Waals surface area (Å²) in [4.78, 5) is 16.1. The zero-order valence-electron chi connectivity index (χ0n) is 20.6. The van der Waals surface area contributed by atoms with Gasteiger partial charge in [0.05, 0.1) is 26.0 Å². The Labute approximate surface area is 210 Å². The fourth-order valence-electron chi connectivity index (χ4n) is 3.69. The SMILES string of the molecule is C=C/C(OC)=C(\C)OC(=O)NNCC(O)(c1cc2c(c(-c3ccc(F)cc3)n1)OCC2(C)C)C(F)(F)F. The van der Waals surface area contributed by atoms with Crippen LogP contribution in [0.25, 0.3) is 11.3 Å². The van der Waals surface area contributed by atoms with E-state index < -0.39 is 41.3 Å². The molecule has 2 aromatic rings. The van der Waals surface area contributed by atoms with Crippen molar-refractivity contribution in [1.82, 2.24) is 15.8 Å². The van der Waals surface area contributed by atoms with Crippen LogP contribution in [0.4, 0.5) is 22.4 Å². The third kappa shape index (κ3) is 5.70. The predicted octanol–water partition coefficient (Wildman–Crippen LogP) is 4.60. The molecule has 3 rings (SSSR count). The number of methoxy groups -OCH3 is 1. The first-order valence-corrected chi connectivity index (χ1v) is 11.1. The van der Waals surface area contributed by atoms with E-state index in [-0.39, 0.29) is 29.6 Å². The molecule has 12 heteroatoms. The van der Waals surface area contributed by atoms with Crippen molar-refractivity contribution in [3.8, 4) is 17.0 Å². The molecule has 1 amide bonds. The molecule has 0 fully saturated rings. The van der Waals surface area contributed by atoms with Crippen LogP contribution in [0.5, 0.6) is 5.75 Å². The van der Waals surface area contributed by atoms with E-state index in [9.17, 15) is 27.5 Å². The van der Waals surface area contributed by atoms with E-state index in [0.717, 1.165) is 18.2 Å². The van der Waals surface area contributed by atoms with Gasteiger partial charge in [0.2, 0.25) is 5.60 Å². The topological polar surface area (TPSA) is 102 Å². The third-order valence-corrected chi connectivity index (χ3v) is 5.82. The van der Waals surface area contributed by atoms with Gasteiger partial charge >= 0.3 is 12.3 Å². The normalized spacial score (nSPS) is 16.6. The highest BCUT2D eigenvalue weighted by Gasteiger charge is 2.57. The third-order valence-electron chi connectivity index (χ3n) is 5.82. The van der Waals surface area contributed by atoms with Gasteiger partial charge in [-0.15, -0.1) is 0 Å². The number of hydrogen-bond acceptors (Lipinski definition) is 7. The second kappa shape index (κ2) is 10.4. The lowest BCUT2D eigenvalue weighted by Crippen LogP contribution is -2.54. The second-order valence-corrected chi connectivity index (χ2v) is 8.97. The summed E-state index contributed by atoms with van der Waals surface area (Å²) >= 11 is 0. The van der Waals surface area contributed by atoms with E-state index in [1.165, 1.54) is 32.2 Å². The van der Waals surface area contributed by atoms with Crippen LogP contribution in [0.15, 0.2) is 54.5 Å². The minimum Gasteiger partial charge on any atom is -0.493 e. The fraction of sp³-hybridized carbons (Fsp3) is 0.360. The van der Waals surface area contributed by atoms with Crippen LogP contribution in [-0.2, 0) is 20.5 Å². The number of nitrogens with zero attached hydrogens (tertiary/aromatic N) is 1. The van der Waals surface area contributed by atoms with Crippen molar-refractivity contribution in [2.45, 2.75) is 38.0 Å². The van der Waals surface area contributed by atoms with Gasteiger partial charge in [-0.1, -0.05) is 20.4 Å². The molecule has 1 aromatic carbocycles. The number of ether oxygens (including phenoxy) is 3. The molecule has 0 aliphatic carbocycles. The molecule has 2 heterocycles. The molecular formula is C25H27F4N3O5. The molecule has 200 valence electrons. The van der Waals surface area contributed by atoms with Crippen LogP contribution in [0, 0.1) is 5.82 Å². The maximum absolute atomic E-state index is 14.3. The number of carbonyl (C=O) groups excluding carboxylic acids is 1. The molecule has 1 aliphatic rings. The number of alkyl halides is 3. The van der Waals surface area contributed by atoms with Gasteiger partial charge in [-0.2, -0.15) is 13.2 Å². The van der Waals surface area contributed by atoms with E-state index >= 15 is 0 Å². The Morgan fingerprint density at radius 2 is 1.95 bits per heavy atom. The Morgan fingerprint density at radius 1 is 1.30 bits per heavy atom. The van der Waals surface area contributed by atoms with Crippen LogP contribution in [0.2, 0.25) is 0 Å². The van der Waals surface area contributed by atoms with Gasteiger partial charge in [-0.25, -0.2) is 19.6 Å². The largest absolute Gasteiger partial charge is 0.493 e. The summed E-state index contributed by atoms with van der Waals surface area (Å²) in [5, 5.41) is 10.9. The van der Waals surface area contributed by atoms with Gasteiger partial charge < -0.3 is 19.3 Å². The molecule has 37 heavy (non-hydrogen) atoms. The number of allylic oxidation sites excluding steroid dienone is 2. The Bertz CT molecular complexity index is 1210. The number of nitrogens with one attached hydrogen (secondary N) is 2. The van der Waals surface area contributed by atoms with Crippen molar-refractivity contribution in [1.29, 1.82) is 0 Å². The minimum atomic E-state index is -5.21. The molecule has 0 bridgehead atoms. The molecule has 3 N–H and O–H groups in total. The summed E-state index contributed by atoms with van der Waals surface area (Å²) in [6.45, 7) is 7.37. The van der Waals surface area contributed by atoms with Crippen LogP contribution in [0.1, 0.15) is 32.0 Å². The first-order valence-electron chi connectivity index (χ1n) is 11.1. The number of pyridine rings is 1. The first-order chi connectivity index (χ1) is 17.2. The van der Waals surface area contributed by atoms with E-state index in [0.29, 0.717) is 11.1 Å². The summed E-state index contributed by atoms with van der Waals surface area (Å²) in [5.41, 5.74) is -0.245. The van der Waals surface area contributed by atoms with Crippen LogP contribution in [0.3, 0.4) is 0 Å². The maximum Gasteiger partial charge on any atom is 0.426 e. The van der Waals surface area contributed by atoms with Gasteiger partial charge in [-0.3, -0.25) is 5.43 Å². The highest BCUT2D eigenvalue weighted by atomic mass is 19.4. The molecule has 0 saturated heterocycles. The van der Waals surface area contributed by atoms with Crippen molar-refractivity contribution in [2.75, 3.05) is 20.3 Å². The zero-order valence-corrected chi connectivity index (χ0v) is 20.6. The van der Waals surface area contributed by atoms with Crippen molar-refractivity contribution >= 4 is 6.09 Å². The van der Waals surface area contributed by atoms with E-state index in [1.807, 2.05) is 5.43 Å². The van der Waals surface area contributed by atoms with Crippen molar-refractivity contribution in [3.05, 3.63) is 71.6 Å². The summed E-state index contributed by atoms with van der Waals surface area (Å²) in [5.74, 6) is -0.141. The van der Waals surface area contributed by atoms with E-state index in [1.54, 1.807) is 13.8 Å². The van der Waals surface area contributed by atoms with Crippen molar-refractivity contribution in [3.63, 3.8) is 0 Å². The average molecular weight is 525 g/mol. The predicted molar refractivity (Wildman–Crippen MR) is 126 cm³/mol. The number of hydrazine groups is 1. The van der Waals surface area contributed by atoms with Gasteiger partial charge in [-0.05, 0) is 43.3 Å². The highest BCUT2D eigenvalue weighted by Crippen LogP contribution is 2.47. The number of benzene rings is 1. The fourth-order valence-corrected chi connectivity index (χ4v) is 3.69. The Morgan fingerprint density at radius 3 is 2.51 bits per heavy atom. The number of amides is 1. The van der Waals surface area contributed by atoms with Gasteiger partial charge in [0.25, 0.3) is 0 Å². The molecule has 1 aromatic heterocycles. The summed E-state index contributed by atoms with van der Waals surface area (Å²) in [6.07, 6.45) is -5.08. The van der Waals surface area contributed by atoms with E-state index in [2.05, 4.69) is 17.0 Å². The minimum absolute atomic E-state index is 0.00865. The van der Waals surface area contributed by atoms with Crippen LogP contribution < -0.4 is 15.6 Å². The number of aliphatic hydroxyl groups is 1. The van der Waals surface area contributed by atoms with Crippen LogP contribution >= 0.6 is 0 Å². The zero-order chi connectivity index (χ0) is 27.6. The summed E-state index contributed by atoms with van der Waals surface area (Å²) in [6, 6.07) is 6.12. The number of fused-ring (bicyclic) bond motifs is 1. The first kappa shape index (κ1) is 27.9. The molecule has 1 aliphatic heterocycles. The molecule has 0 radical (unpaired) electrons. The Hall–Kier alpha value is -3.64. The maximum atomic E-state index is 14.3. The standard InChI is InChI=1S/C25H27F4N3O5/c1-6-18(35-5)14(2)37-22(33)32-30-12-24(34,25(27,28)29)19-11-17-21(36-13-23(17,3)4)20(31-19)15-7-9-16(26)10-8-15/h6-11,30,34H,1,12-13H2,2-5H3,(H,32,33)/b18-14-. The summed E-state index contributed by atoms with van der Waals surface area (Å²) in [7, 11) is 1.32.